The highest BCUT2D eigenvalue weighted by Crippen LogP contribution is 2.33. The quantitative estimate of drug-likeness (QED) is 0.835. The van der Waals surface area contributed by atoms with Crippen LogP contribution in [0.15, 0.2) is 42.7 Å². The van der Waals surface area contributed by atoms with Crippen LogP contribution in [0.4, 0.5) is 16.2 Å². The van der Waals surface area contributed by atoms with Crippen LogP contribution in [0.1, 0.15) is 18.4 Å². The Bertz CT molecular complexity index is 780. The van der Waals surface area contributed by atoms with E-state index in [1.54, 1.807) is 42.6 Å². The van der Waals surface area contributed by atoms with Crippen molar-refractivity contribution < 1.29 is 14.3 Å². The molecule has 1 fully saturated rings. The second-order valence-electron chi connectivity index (χ2n) is 6.03. The molecule has 1 saturated heterocycles. The molecule has 7 nitrogen and oxygen atoms in total. The zero-order chi connectivity index (χ0) is 18.4. The first kappa shape index (κ1) is 17.7. The number of benzene rings is 1. The van der Waals surface area contributed by atoms with E-state index in [1.165, 1.54) is 0 Å². The average Bonchev–Trinajstić information content (AvgIpc) is 3.08. The molecule has 26 heavy (non-hydrogen) atoms. The van der Waals surface area contributed by atoms with E-state index < -0.39 is 0 Å². The first-order valence-corrected chi connectivity index (χ1v) is 8.59. The summed E-state index contributed by atoms with van der Waals surface area (Å²) >= 11 is 0. The first-order chi connectivity index (χ1) is 12.7. The van der Waals surface area contributed by atoms with Gasteiger partial charge >= 0.3 is 6.03 Å². The number of aromatic nitrogens is 1. The highest BCUT2D eigenvalue weighted by atomic mass is 16.5. The Morgan fingerprint density at radius 3 is 2.92 bits per heavy atom. The number of amides is 3. The largest absolute Gasteiger partial charge is 0.494 e. The van der Waals surface area contributed by atoms with Crippen LogP contribution in [0, 0.1) is 0 Å². The Kier molecular flexibility index (Phi) is 5.68. The maximum absolute atomic E-state index is 12.1. The van der Waals surface area contributed by atoms with Crippen LogP contribution in [0.2, 0.25) is 0 Å². The number of ether oxygens (including phenoxy) is 1. The highest BCUT2D eigenvalue weighted by Gasteiger charge is 2.24. The van der Waals surface area contributed by atoms with E-state index in [9.17, 15) is 9.59 Å². The number of methoxy groups -OCH3 is 1. The molecule has 0 aliphatic carbocycles. The summed E-state index contributed by atoms with van der Waals surface area (Å²) in [6.45, 7) is 1.20. The minimum absolute atomic E-state index is 0.0946. The van der Waals surface area contributed by atoms with Gasteiger partial charge in [0.05, 0.1) is 12.8 Å². The molecule has 0 unspecified atom stereocenters. The summed E-state index contributed by atoms with van der Waals surface area (Å²) < 4.78 is 5.39. The van der Waals surface area contributed by atoms with Gasteiger partial charge in [-0.1, -0.05) is 6.07 Å². The van der Waals surface area contributed by atoms with Gasteiger partial charge in [0.25, 0.3) is 0 Å². The van der Waals surface area contributed by atoms with Crippen LogP contribution in [0.3, 0.4) is 0 Å². The second-order valence-corrected chi connectivity index (χ2v) is 6.03. The fourth-order valence-electron chi connectivity index (χ4n) is 2.92. The Morgan fingerprint density at radius 2 is 2.23 bits per heavy atom. The standard InChI is InChI=1S/C19H22N4O3/c1-26-17-12-15(6-7-16(17)23-11-3-5-18(23)24)22-19(25)21-10-8-14-4-2-9-20-13-14/h2,4,6-7,9,12-13H,3,5,8,10-11H2,1H3,(H2,21,22,25). The number of pyridine rings is 1. The summed E-state index contributed by atoms with van der Waals surface area (Å²) in [4.78, 5) is 29.7. The van der Waals surface area contributed by atoms with Gasteiger partial charge in [-0.05, 0) is 36.6 Å². The molecule has 1 aromatic heterocycles. The smallest absolute Gasteiger partial charge is 0.319 e. The Hall–Kier alpha value is -3.09. The molecular formula is C19H22N4O3. The minimum Gasteiger partial charge on any atom is -0.494 e. The SMILES string of the molecule is COc1cc(NC(=O)NCCc2cccnc2)ccc1N1CCCC1=O. The number of nitrogens with zero attached hydrogens (tertiary/aromatic N) is 2. The third kappa shape index (κ3) is 4.30. The zero-order valence-corrected chi connectivity index (χ0v) is 14.7. The second kappa shape index (κ2) is 8.33. The number of hydrogen-bond donors (Lipinski definition) is 2. The van der Waals surface area contributed by atoms with E-state index in [0.29, 0.717) is 37.4 Å². The van der Waals surface area contributed by atoms with Crippen LogP contribution in [-0.4, -0.2) is 37.1 Å². The van der Waals surface area contributed by atoms with E-state index in [2.05, 4.69) is 15.6 Å². The topological polar surface area (TPSA) is 83.6 Å². The van der Waals surface area contributed by atoms with Crippen molar-refractivity contribution in [2.75, 3.05) is 30.4 Å². The molecule has 3 amide bonds. The van der Waals surface area contributed by atoms with Gasteiger partial charge in [0.15, 0.2) is 0 Å². The summed E-state index contributed by atoms with van der Waals surface area (Å²) in [5, 5.41) is 5.59. The number of anilines is 2. The van der Waals surface area contributed by atoms with Crippen molar-refractivity contribution in [1.29, 1.82) is 0 Å². The summed E-state index contributed by atoms with van der Waals surface area (Å²) in [6, 6.07) is 8.84. The van der Waals surface area contributed by atoms with Gasteiger partial charge in [-0.15, -0.1) is 0 Å². The van der Waals surface area contributed by atoms with Gasteiger partial charge in [0.1, 0.15) is 5.75 Å². The van der Waals surface area contributed by atoms with E-state index >= 15 is 0 Å². The van der Waals surface area contributed by atoms with Crippen molar-refractivity contribution in [2.24, 2.45) is 0 Å². The molecule has 0 spiro atoms. The van der Waals surface area contributed by atoms with Gasteiger partial charge in [0, 0.05) is 43.7 Å². The Labute approximate surface area is 152 Å². The lowest BCUT2D eigenvalue weighted by molar-refractivity contribution is -0.117. The Balaban J connectivity index is 1.57. The molecule has 7 heteroatoms. The minimum atomic E-state index is -0.291. The molecule has 1 aliphatic heterocycles. The number of nitrogens with one attached hydrogen (secondary N) is 2. The number of hydrogen-bond acceptors (Lipinski definition) is 4. The van der Waals surface area contributed by atoms with Crippen molar-refractivity contribution in [3.8, 4) is 5.75 Å². The third-order valence-corrected chi connectivity index (χ3v) is 4.22. The fraction of sp³-hybridized carbons (Fsp3) is 0.316. The molecule has 0 saturated carbocycles. The van der Waals surface area contributed by atoms with Crippen LogP contribution >= 0.6 is 0 Å². The molecular weight excluding hydrogens is 332 g/mol. The number of carbonyl (C=O) groups excluding carboxylic acids is 2. The summed E-state index contributed by atoms with van der Waals surface area (Å²) in [7, 11) is 1.55. The number of urea groups is 1. The molecule has 1 aliphatic rings. The Morgan fingerprint density at radius 1 is 1.35 bits per heavy atom. The maximum Gasteiger partial charge on any atom is 0.319 e. The molecule has 0 radical (unpaired) electrons. The highest BCUT2D eigenvalue weighted by molar-refractivity contribution is 5.97. The predicted octanol–water partition coefficient (Wildman–Crippen LogP) is 2.58. The average molecular weight is 354 g/mol. The molecule has 3 rings (SSSR count). The molecule has 1 aromatic carbocycles. The van der Waals surface area contributed by atoms with Gasteiger partial charge in [0.2, 0.25) is 5.91 Å². The third-order valence-electron chi connectivity index (χ3n) is 4.22. The first-order valence-electron chi connectivity index (χ1n) is 8.59. The van der Waals surface area contributed by atoms with Crippen LogP contribution in [0.5, 0.6) is 5.75 Å². The van der Waals surface area contributed by atoms with Gasteiger partial charge in [-0.3, -0.25) is 9.78 Å². The zero-order valence-electron chi connectivity index (χ0n) is 14.7. The maximum atomic E-state index is 12.1. The van der Waals surface area contributed by atoms with Crippen molar-refractivity contribution in [1.82, 2.24) is 10.3 Å². The normalized spacial score (nSPS) is 13.6. The molecule has 2 heterocycles. The van der Waals surface area contributed by atoms with Crippen LogP contribution in [0.25, 0.3) is 0 Å². The van der Waals surface area contributed by atoms with Crippen molar-refractivity contribution >= 4 is 23.3 Å². The lowest BCUT2D eigenvalue weighted by atomic mass is 10.2. The van der Waals surface area contributed by atoms with E-state index in [-0.39, 0.29) is 11.9 Å². The van der Waals surface area contributed by atoms with E-state index in [0.717, 1.165) is 17.7 Å². The molecule has 2 aromatic rings. The van der Waals surface area contributed by atoms with Crippen LogP contribution < -0.4 is 20.3 Å². The summed E-state index contributed by atoms with van der Waals surface area (Å²) in [5.41, 5.74) is 2.41. The summed E-state index contributed by atoms with van der Waals surface area (Å²) in [5.74, 6) is 0.658. The summed E-state index contributed by atoms with van der Waals surface area (Å²) in [6.07, 6.45) is 5.61. The van der Waals surface area contributed by atoms with E-state index in [1.807, 2.05) is 12.1 Å². The molecule has 0 atom stereocenters. The fourth-order valence-corrected chi connectivity index (χ4v) is 2.92. The molecule has 2 N–H and O–H groups in total. The predicted molar refractivity (Wildman–Crippen MR) is 99.5 cm³/mol. The molecule has 0 bridgehead atoms. The lowest BCUT2D eigenvalue weighted by Crippen LogP contribution is -2.30. The van der Waals surface area contributed by atoms with Gasteiger partial charge in [-0.25, -0.2) is 4.79 Å². The van der Waals surface area contributed by atoms with Gasteiger partial charge < -0.3 is 20.3 Å². The molecule has 136 valence electrons. The van der Waals surface area contributed by atoms with E-state index in [4.69, 9.17) is 4.74 Å². The van der Waals surface area contributed by atoms with Crippen molar-refractivity contribution in [2.45, 2.75) is 19.3 Å². The number of carbonyl (C=O) groups is 2. The lowest BCUT2D eigenvalue weighted by Gasteiger charge is -2.19. The number of rotatable bonds is 6. The monoisotopic (exact) mass is 354 g/mol. The van der Waals surface area contributed by atoms with Crippen LogP contribution in [-0.2, 0) is 11.2 Å². The van der Waals surface area contributed by atoms with Gasteiger partial charge in [-0.2, -0.15) is 0 Å². The van der Waals surface area contributed by atoms with Crippen molar-refractivity contribution in [3.63, 3.8) is 0 Å². The van der Waals surface area contributed by atoms with Crippen molar-refractivity contribution in [3.05, 3.63) is 48.3 Å².